The number of rotatable bonds is 6. The van der Waals surface area contributed by atoms with Gasteiger partial charge in [-0.2, -0.15) is 0 Å². The van der Waals surface area contributed by atoms with E-state index in [0.29, 0.717) is 17.7 Å². The number of carbonyl (C=O) groups excluding carboxylic acids is 1. The van der Waals surface area contributed by atoms with E-state index in [9.17, 15) is 4.79 Å². The SMILES string of the molecule is CCOC(=O)[C@H](C)O[Si](C(C)C)C(C)C. The van der Waals surface area contributed by atoms with Gasteiger partial charge in [0, 0.05) is 0 Å². The number of carbonyl (C=O) groups is 1. The Balaban J connectivity index is 4.22. The number of ether oxygens (including phenoxy) is 1. The lowest BCUT2D eigenvalue weighted by Crippen LogP contribution is -2.34. The average Bonchev–Trinajstić information content (AvgIpc) is 2.12. The first-order valence-electron chi connectivity index (χ1n) is 5.60. The molecule has 0 saturated heterocycles. The minimum atomic E-state index is -0.941. The maximum atomic E-state index is 11.4. The number of hydrogen-bond donors (Lipinski definition) is 0. The molecule has 1 atom stereocenters. The maximum Gasteiger partial charge on any atom is 0.333 e. The lowest BCUT2D eigenvalue weighted by molar-refractivity contribution is -0.150. The second-order valence-electron chi connectivity index (χ2n) is 4.22. The van der Waals surface area contributed by atoms with E-state index in [2.05, 4.69) is 27.7 Å². The molecule has 0 N–H and O–H groups in total. The summed E-state index contributed by atoms with van der Waals surface area (Å²) < 4.78 is 10.7. The van der Waals surface area contributed by atoms with Crippen molar-refractivity contribution in [3.05, 3.63) is 0 Å². The zero-order valence-electron chi connectivity index (χ0n) is 10.7. The standard InChI is InChI=1S/C11H23O3Si/c1-7-13-11(12)10(6)14-15(8(2)3)9(4)5/h8-10H,7H2,1-6H3/t10-/m0/s1. The van der Waals surface area contributed by atoms with E-state index < -0.39 is 15.1 Å². The van der Waals surface area contributed by atoms with Gasteiger partial charge in [-0.3, -0.25) is 0 Å². The van der Waals surface area contributed by atoms with Crippen LogP contribution in [0.5, 0.6) is 0 Å². The van der Waals surface area contributed by atoms with Crippen molar-refractivity contribution in [1.82, 2.24) is 0 Å². The molecular weight excluding hydrogens is 208 g/mol. The molecule has 0 aromatic heterocycles. The zero-order chi connectivity index (χ0) is 12.0. The van der Waals surface area contributed by atoms with Gasteiger partial charge < -0.3 is 9.16 Å². The summed E-state index contributed by atoms with van der Waals surface area (Å²) in [6.45, 7) is 12.6. The van der Waals surface area contributed by atoms with Gasteiger partial charge >= 0.3 is 5.97 Å². The minimum absolute atomic E-state index is 0.249. The van der Waals surface area contributed by atoms with Crippen molar-refractivity contribution in [1.29, 1.82) is 0 Å². The van der Waals surface area contributed by atoms with Crippen LogP contribution in [0.2, 0.25) is 11.1 Å². The van der Waals surface area contributed by atoms with Gasteiger partial charge in [0.2, 0.25) is 9.04 Å². The lowest BCUT2D eigenvalue weighted by atomic mass is 10.4. The van der Waals surface area contributed by atoms with Crippen molar-refractivity contribution in [3.63, 3.8) is 0 Å². The van der Waals surface area contributed by atoms with Gasteiger partial charge in [0.15, 0.2) is 0 Å². The number of esters is 1. The average molecular weight is 231 g/mol. The molecule has 0 aliphatic heterocycles. The molecule has 0 amide bonds. The number of hydrogen-bond acceptors (Lipinski definition) is 3. The fourth-order valence-corrected chi connectivity index (χ4v) is 3.83. The van der Waals surface area contributed by atoms with Crippen LogP contribution in [-0.4, -0.2) is 27.7 Å². The van der Waals surface area contributed by atoms with Crippen LogP contribution in [0, 0.1) is 0 Å². The molecule has 1 radical (unpaired) electrons. The Morgan fingerprint density at radius 2 is 1.60 bits per heavy atom. The highest BCUT2D eigenvalue weighted by Crippen LogP contribution is 2.22. The van der Waals surface area contributed by atoms with Crippen molar-refractivity contribution < 1.29 is 14.0 Å². The van der Waals surface area contributed by atoms with E-state index in [1.165, 1.54) is 0 Å². The van der Waals surface area contributed by atoms with Crippen LogP contribution in [-0.2, 0) is 14.0 Å². The Bertz CT molecular complexity index is 184. The maximum absolute atomic E-state index is 11.4. The summed E-state index contributed by atoms with van der Waals surface area (Å²) in [6, 6.07) is 0. The van der Waals surface area contributed by atoms with Crippen molar-refractivity contribution in [2.75, 3.05) is 6.61 Å². The van der Waals surface area contributed by atoms with Crippen LogP contribution in [0.1, 0.15) is 41.5 Å². The lowest BCUT2D eigenvalue weighted by Gasteiger charge is -2.25. The monoisotopic (exact) mass is 231 g/mol. The van der Waals surface area contributed by atoms with Crippen molar-refractivity contribution in [3.8, 4) is 0 Å². The Morgan fingerprint density at radius 3 is 1.93 bits per heavy atom. The molecule has 0 aromatic carbocycles. The highest BCUT2D eigenvalue weighted by Gasteiger charge is 2.27. The van der Waals surface area contributed by atoms with E-state index >= 15 is 0 Å². The molecule has 0 aliphatic rings. The van der Waals surface area contributed by atoms with Gasteiger partial charge in [0.05, 0.1) is 6.61 Å². The van der Waals surface area contributed by atoms with Gasteiger partial charge in [0.1, 0.15) is 6.10 Å². The highest BCUT2D eigenvalue weighted by molar-refractivity contribution is 6.55. The Kier molecular flexibility index (Phi) is 6.84. The highest BCUT2D eigenvalue weighted by atomic mass is 28.3. The molecule has 89 valence electrons. The first-order chi connectivity index (χ1) is 6.90. The molecule has 15 heavy (non-hydrogen) atoms. The zero-order valence-corrected chi connectivity index (χ0v) is 11.7. The molecule has 0 spiro atoms. The largest absolute Gasteiger partial charge is 0.464 e. The summed E-state index contributed by atoms with van der Waals surface area (Å²) >= 11 is 0. The molecule has 0 heterocycles. The molecule has 4 heteroatoms. The summed E-state index contributed by atoms with van der Waals surface area (Å²) in [7, 11) is -0.941. The van der Waals surface area contributed by atoms with Gasteiger partial charge in [0.25, 0.3) is 0 Å². The Hall–Kier alpha value is -0.353. The molecule has 0 aromatic rings. The Morgan fingerprint density at radius 1 is 1.13 bits per heavy atom. The van der Waals surface area contributed by atoms with Gasteiger partial charge in [-0.15, -0.1) is 0 Å². The van der Waals surface area contributed by atoms with Gasteiger partial charge in [-0.05, 0) is 24.9 Å². The van der Waals surface area contributed by atoms with Gasteiger partial charge in [-0.1, -0.05) is 27.7 Å². The predicted octanol–water partition coefficient (Wildman–Crippen LogP) is 2.77. The molecule has 0 bridgehead atoms. The molecule has 0 fully saturated rings. The fraction of sp³-hybridized carbons (Fsp3) is 0.909. The molecule has 0 rings (SSSR count). The normalized spacial score (nSPS) is 13.7. The Labute approximate surface area is 94.9 Å². The third-order valence-corrected chi connectivity index (χ3v) is 4.97. The second-order valence-corrected chi connectivity index (χ2v) is 7.57. The van der Waals surface area contributed by atoms with Gasteiger partial charge in [-0.25, -0.2) is 4.79 Å². The third kappa shape index (κ3) is 5.32. The molecule has 3 nitrogen and oxygen atoms in total. The van der Waals surface area contributed by atoms with E-state index in [-0.39, 0.29) is 5.97 Å². The summed E-state index contributed by atoms with van der Waals surface area (Å²) in [5.74, 6) is -0.249. The summed E-state index contributed by atoms with van der Waals surface area (Å²) in [5, 5.41) is 0. The van der Waals surface area contributed by atoms with E-state index in [1.54, 1.807) is 13.8 Å². The summed E-state index contributed by atoms with van der Waals surface area (Å²) in [5.41, 5.74) is 1.01. The summed E-state index contributed by atoms with van der Waals surface area (Å²) in [6.07, 6.45) is -0.427. The van der Waals surface area contributed by atoms with E-state index in [0.717, 1.165) is 0 Å². The first-order valence-corrected chi connectivity index (χ1v) is 7.16. The predicted molar refractivity (Wildman–Crippen MR) is 63.1 cm³/mol. The third-order valence-electron chi connectivity index (χ3n) is 2.07. The van der Waals surface area contributed by atoms with Crippen LogP contribution in [0.3, 0.4) is 0 Å². The quantitative estimate of drug-likeness (QED) is 0.521. The smallest absolute Gasteiger partial charge is 0.333 e. The summed E-state index contributed by atoms with van der Waals surface area (Å²) in [4.78, 5) is 11.4. The minimum Gasteiger partial charge on any atom is -0.464 e. The van der Waals surface area contributed by atoms with Crippen molar-refractivity contribution in [2.45, 2.75) is 58.7 Å². The fourth-order valence-electron chi connectivity index (χ4n) is 1.45. The van der Waals surface area contributed by atoms with Crippen molar-refractivity contribution in [2.24, 2.45) is 0 Å². The van der Waals surface area contributed by atoms with Crippen LogP contribution in [0.15, 0.2) is 0 Å². The molecule has 0 saturated carbocycles. The van der Waals surface area contributed by atoms with Crippen LogP contribution >= 0.6 is 0 Å². The molecular formula is C11H23O3Si. The first kappa shape index (κ1) is 14.6. The second kappa shape index (κ2) is 7.01. The van der Waals surface area contributed by atoms with E-state index in [4.69, 9.17) is 9.16 Å². The van der Waals surface area contributed by atoms with Crippen LogP contribution < -0.4 is 0 Å². The van der Waals surface area contributed by atoms with Crippen molar-refractivity contribution >= 4 is 15.0 Å². The molecule has 0 aliphatic carbocycles. The van der Waals surface area contributed by atoms with Crippen LogP contribution in [0.4, 0.5) is 0 Å². The van der Waals surface area contributed by atoms with Crippen LogP contribution in [0.25, 0.3) is 0 Å². The van der Waals surface area contributed by atoms with E-state index in [1.807, 2.05) is 0 Å². The molecule has 0 unspecified atom stereocenters. The topological polar surface area (TPSA) is 35.5 Å².